The van der Waals surface area contributed by atoms with Crippen LogP contribution in [0, 0.1) is 11.3 Å². The van der Waals surface area contributed by atoms with Crippen LogP contribution in [0.4, 0.5) is 0 Å². The average molecular weight is 325 g/mol. The molecule has 1 amide bonds. The lowest BCUT2D eigenvalue weighted by Crippen LogP contribution is -2.36. The van der Waals surface area contributed by atoms with Crippen LogP contribution < -0.4 is 0 Å². The molecule has 124 valence electrons. The summed E-state index contributed by atoms with van der Waals surface area (Å²) in [4.78, 5) is 38.4. The van der Waals surface area contributed by atoms with Gasteiger partial charge in [-0.3, -0.25) is 14.4 Å². The lowest BCUT2D eigenvalue weighted by molar-refractivity contribution is -0.154. The van der Waals surface area contributed by atoms with Gasteiger partial charge in [-0.2, -0.15) is 0 Å². The van der Waals surface area contributed by atoms with Gasteiger partial charge in [0.05, 0.1) is 6.61 Å². The SMILES string of the molecule is CCOC(=O)[C@H]1C(=O)N(Cc2ccccc2)CC12C=CC(=O)C=C2. The average Bonchev–Trinajstić information content (AvgIpc) is 2.84. The first-order chi connectivity index (χ1) is 11.6. The van der Waals surface area contributed by atoms with Crippen LogP contribution in [0.3, 0.4) is 0 Å². The summed E-state index contributed by atoms with van der Waals surface area (Å²) in [5.74, 6) is -1.89. The number of hydrogen-bond acceptors (Lipinski definition) is 4. The van der Waals surface area contributed by atoms with Gasteiger partial charge in [0.1, 0.15) is 5.92 Å². The van der Waals surface area contributed by atoms with E-state index in [1.165, 1.54) is 12.2 Å². The van der Waals surface area contributed by atoms with Gasteiger partial charge in [-0.05, 0) is 24.6 Å². The van der Waals surface area contributed by atoms with Crippen molar-refractivity contribution in [2.75, 3.05) is 13.2 Å². The van der Waals surface area contributed by atoms with E-state index in [0.717, 1.165) is 5.56 Å². The number of benzene rings is 1. The molecule has 0 unspecified atom stereocenters. The minimum absolute atomic E-state index is 0.141. The molecule has 0 radical (unpaired) electrons. The van der Waals surface area contributed by atoms with Crippen LogP contribution in [-0.4, -0.2) is 35.7 Å². The van der Waals surface area contributed by atoms with Crippen LogP contribution in [0.1, 0.15) is 12.5 Å². The van der Waals surface area contributed by atoms with Gasteiger partial charge in [0.15, 0.2) is 5.78 Å². The number of rotatable bonds is 4. The molecule has 1 aromatic rings. The highest BCUT2D eigenvalue weighted by molar-refractivity contribution is 6.04. The number of carbonyl (C=O) groups is 3. The zero-order valence-electron chi connectivity index (χ0n) is 13.5. The van der Waals surface area contributed by atoms with E-state index in [9.17, 15) is 14.4 Å². The Hall–Kier alpha value is -2.69. The van der Waals surface area contributed by atoms with Crippen LogP contribution in [0.5, 0.6) is 0 Å². The normalized spacial score (nSPS) is 21.5. The number of likely N-dealkylation sites (tertiary alicyclic amines) is 1. The Morgan fingerprint density at radius 3 is 2.50 bits per heavy atom. The van der Waals surface area contributed by atoms with Crippen LogP contribution in [-0.2, 0) is 25.7 Å². The number of esters is 1. The van der Waals surface area contributed by atoms with Crippen LogP contribution in [0.25, 0.3) is 0 Å². The molecule has 1 saturated heterocycles. The second-order valence-corrected chi connectivity index (χ2v) is 6.05. The Labute approximate surface area is 140 Å². The zero-order valence-corrected chi connectivity index (χ0v) is 13.5. The molecular formula is C19H19NO4. The largest absolute Gasteiger partial charge is 0.465 e. The molecule has 5 nitrogen and oxygen atoms in total. The van der Waals surface area contributed by atoms with E-state index in [2.05, 4.69) is 0 Å². The van der Waals surface area contributed by atoms with Gasteiger partial charge in [0, 0.05) is 18.5 Å². The van der Waals surface area contributed by atoms with Gasteiger partial charge in [0.2, 0.25) is 5.91 Å². The Kier molecular flexibility index (Phi) is 4.34. The van der Waals surface area contributed by atoms with E-state index in [4.69, 9.17) is 4.74 Å². The second kappa shape index (κ2) is 6.43. The summed E-state index contributed by atoms with van der Waals surface area (Å²) in [6.07, 6.45) is 6.18. The molecule has 3 rings (SSSR count). The van der Waals surface area contributed by atoms with Crippen molar-refractivity contribution in [1.82, 2.24) is 4.90 Å². The smallest absolute Gasteiger partial charge is 0.319 e. The first-order valence-corrected chi connectivity index (χ1v) is 7.97. The van der Waals surface area contributed by atoms with Crippen molar-refractivity contribution in [3.8, 4) is 0 Å². The van der Waals surface area contributed by atoms with Gasteiger partial charge in [-0.1, -0.05) is 42.5 Å². The maximum Gasteiger partial charge on any atom is 0.319 e. The third-order valence-electron chi connectivity index (χ3n) is 4.42. The number of nitrogens with zero attached hydrogens (tertiary/aromatic N) is 1. The van der Waals surface area contributed by atoms with Gasteiger partial charge >= 0.3 is 5.97 Å². The fourth-order valence-electron chi connectivity index (χ4n) is 3.28. The Morgan fingerprint density at radius 2 is 1.88 bits per heavy atom. The van der Waals surface area contributed by atoms with E-state index in [1.54, 1.807) is 24.0 Å². The summed E-state index contributed by atoms with van der Waals surface area (Å²) in [5, 5.41) is 0. The van der Waals surface area contributed by atoms with E-state index in [1.807, 2.05) is 30.3 Å². The van der Waals surface area contributed by atoms with Crippen LogP contribution >= 0.6 is 0 Å². The summed E-state index contributed by atoms with van der Waals surface area (Å²) >= 11 is 0. The predicted octanol–water partition coefficient (Wildman–Crippen LogP) is 1.89. The highest BCUT2D eigenvalue weighted by atomic mass is 16.5. The lowest BCUT2D eigenvalue weighted by atomic mass is 9.75. The molecule has 0 saturated carbocycles. The minimum Gasteiger partial charge on any atom is -0.465 e. The van der Waals surface area contributed by atoms with Crippen LogP contribution in [0.2, 0.25) is 0 Å². The fourth-order valence-corrected chi connectivity index (χ4v) is 3.28. The van der Waals surface area contributed by atoms with E-state index in [0.29, 0.717) is 13.1 Å². The number of carbonyl (C=O) groups excluding carboxylic acids is 3. The molecule has 2 aliphatic rings. The van der Waals surface area contributed by atoms with Crippen molar-refractivity contribution in [1.29, 1.82) is 0 Å². The molecule has 1 aliphatic heterocycles. The molecular weight excluding hydrogens is 306 g/mol. The molecule has 0 bridgehead atoms. The maximum absolute atomic E-state index is 12.9. The standard InChI is InChI=1S/C19H19NO4/c1-2-24-18(23)16-17(22)20(12-14-6-4-3-5-7-14)13-19(16)10-8-15(21)9-11-19/h3-11,16H,2,12-13H2,1H3/t16-/m1/s1. The lowest BCUT2D eigenvalue weighted by Gasteiger charge is -2.27. The molecule has 1 aliphatic carbocycles. The first-order valence-electron chi connectivity index (χ1n) is 7.97. The van der Waals surface area contributed by atoms with Crippen molar-refractivity contribution in [3.63, 3.8) is 0 Å². The molecule has 24 heavy (non-hydrogen) atoms. The van der Waals surface area contributed by atoms with E-state index < -0.39 is 17.3 Å². The third kappa shape index (κ3) is 2.89. The predicted molar refractivity (Wildman–Crippen MR) is 87.7 cm³/mol. The molecule has 0 aromatic heterocycles. The van der Waals surface area contributed by atoms with Gasteiger partial charge in [-0.25, -0.2) is 0 Å². The van der Waals surface area contributed by atoms with Gasteiger partial charge in [-0.15, -0.1) is 0 Å². The molecule has 1 heterocycles. The molecule has 0 N–H and O–H groups in total. The maximum atomic E-state index is 12.9. The highest BCUT2D eigenvalue weighted by Gasteiger charge is 2.54. The number of hydrogen-bond donors (Lipinski definition) is 0. The molecule has 1 atom stereocenters. The minimum atomic E-state index is -0.943. The highest BCUT2D eigenvalue weighted by Crippen LogP contribution is 2.42. The monoisotopic (exact) mass is 325 g/mol. The van der Waals surface area contributed by atoms with Crippen LogP contribution in [0.15, 0.2) is 54.6 Å². The number of amides is 1. The van der Waals surface area contributed by atoms with Gasteiger partial charge in [0.25, 0.3) is 0 Å². The number of allylic oxidation sites excluding steroid dienone is 2. The summed E-state index contributed by atoms with van der Waals surface area (Å²) in [7, 11) is 0. The Bertz CT molecular complexity index is 704. The van der Waals surface area contributed by atoms with Crippen molar-refractivity contribution in [2.45, 2.75) is 13.5 Å². The topological polar surface area (TPSA) is 63.7 Å². The Morgan fingerprint density at radius 1 is 1.21 bits per heavy atom. The molecule has 1 spiro atoms. The third-order valence-corrected chi connectivity index (χ3v) is 4.42. The quantitative estimate of drug-likeness (QED) is 0.626. The van der Waals surface area contributed by atoms with E-state index >= 15 is 0 Å². The summed E-state index contributed by atoms with van der Waals surface area (Å²) < 4.78 is 5.11. The van der Waals surface area contributed by atoms with Crippen molar-refractivity contribution in [2.24, 2.45) is 11.3 Å². The van der Waals surface area contributed by atoms with Crippen molar-refractivity contribution < 1.29 is 19.1 Å². The number of ether oxygens (including phenoxy) is 1. The van der Waals surface area contributed by atoms with Crippen molar-refractivity contribution in [3.05, 3.63) is 60.2 Å². The number of ketones is 1. The summed E-state index contributed by atoms with van der Waals surface area (Å²) in [6.45, 7) is 2.70. The molecule has 5 heteroatoms. The van der Waals surface area contributed by atoms with E-state index in [-0.39, 0.29) is 18.3 Å². The first kappa shape index (κ1) is 16.2. The summed E-state index contributed by atoms with van der Waals surface area (Å²) in [5.41, 5.74) is 0.178. The molecule has 1 aromatic carbocycles. The fraction of sp³-hybridized carbons (Fsp3) is 0.316. The summed E-state index contributed by atoms with van der Waals surface area (Å²) in [6, 6.07) is 9.61. The molecule has 1 fully saturated rings. The van der Waals surface area contributed by atoms with Gasteiger partial charge < -0.3 is 9.64 Å². The second-order valence-electron chi connectivity index (χ2n) is 6.05. The zero-order chi connectivity index (χ0) is 17.2. The van der Waals surface area contributed by atoms with Crippen molar-refractivity contribution >= 4 is 17.7 Å². The Balaban J connectivity index is 1.91.